The maximum Gasteiger partial charge on any atom is 0.131 e. The number of hydrogen-bond acceptors (Lipinski definition) is 2. The molecule has 0 aliphatic rings. The molecule has 0 aliphatic carbocycles. The number of benzene rings is 1. The summed E-state index contributed by atoms with van der Waals surface area (Å²) >= 11 is 2.20. The van der Waals surface area contributed by atoms with Crippen LogP contribution in [0.2, 0.25) is 0 Å². The largest absolute Gasteiger partial charge is 0.300 e. The fraction of sp³-hybridized carbons (Fsp3) is 0.333. The van der Waals surface area contributed by atoms with Crippen molar-refractivity contribution in [3.63, 3.8) is 0 Å². The van der Waals surface area contributed by atoms with Gasteiger partial charge in [-0.25, -0.2) is 0 Å². The summed E-state index contributed by atoms with van der Waals surface area (Å²) in [5.41, 5.74) is 0.208. The van der Waals surface area contributed by atoms with Crippen LogP contribution in [0.5, 0.6) is 0 Å². The SMILES string of the molecule is CC(=O)CC(C)(C#N)c1cccc(I)c1. The average molecular weight is 313 g/mol. The second-order valence-corrected chi connectivity index (χ2v) is 5.08. The van der Waals surface area contributed by atoms with E-state index in [1.807, 2.05) is 24.3 Å². The standard InChI is InChI=1S/C12H12INO/c1-9(15)7-12(2,8-14)10-4-3-5-11(13)6-10/h3-6H,7H2,1-2H3. The third-order valence-electron chi connectivity index (χ3n) is 2.31. The summed E-state index contributed by atoms with van der Waals surface area (Å²) in [7, 11) is 0. The molecular formula is C12H12INO. The van der Waals surface area contributed by atoms with Gasteiger partial charge in [-0.15, -0.1) is 0 Å². The summed E-state index contributed by atoms with van der Waals surface area (Å²) in [4.78, 5) is 11.1. The van der Waals surface area contributed by atoms with E-state index >= 15 is 0 Å². The van der Waals surface area contributed by atoms with Gasteiger partial charge in [-0.2, -0.15) is 5.26 Å². The summed E-state index contributed by atoms with van der Waals surface area (Å²) in [6.45, 7) is 3.32. The Labute approximate surface area is 103 Å². The quantitative estimate of drug-likeness (QED) is 0.805. The van der Waals surface area contributed by atoms with E-state index in [4.69, 9.17) is 0 Å². The molecule has 0 radical (unpaired) electrons. The zero-order valence-corrected chi connectivity index (χ0v) is 10.9. The highest BCUT2D eigenvalue weighted by Gasteiger charge is 2.28. The number of nitriles is 1. The minimum Gasteiger partial charge on any atom is -0.300 e. The molecule has 1 rings (SSSR count). The van der Waals surface area contributed by atoms with Gasteiger partial charge in [-0.05, 0) is 54.1 Å². The first-order valence-electron chi connectivity index (χ1n) is 4.65. The van der Waals surface area contributed by atoms with Crippen LogP contribution in [0, 0.1) is 14.9 Å². The molecular weight excluding hydrogens is 301 g/mol. The van der Waals surface area contributed by atoms with Gasteiger partial charge in [-0.1, -0.05) is 12.1 Å². The third-order valence-corrected chi connectivity index (χ3v) is 2.98. The normalized spacial score (nSPS) is 14.0. The number of Topliss-reactive ketones (excluding diaryl/α,β-unsaturated/α-hetero) is 1. The molecule has 15 heavy (non-hydrogen) atoms. The molecule has 0 aliphatic heterocycles. The van der Waals surface area contributed by atoms with E-state index in [1.54, 1.807) is 6.92 Å². The van der Waals surface area contributed by atoms with Crippen molar-refractivity contribution in [3.05, 3.63) is 33.4 Å². The van der Waals surface area contributed by atoms with Gasteiger partial charge >= 0.3 is 0 Å². The minimum absolute atomic E-state index is 0.0397. The summed E-state index contributed by atoms with van der Waals surface area (Å²) in [5, 5.41) is 9.17. The Hall–Kier alpha value is -0.890. The molecule has 0 amide bonds. The molecule has 78 valence electrons. The van der Waals surface area contributed by atoms with Crippen LogP contribution in [0.4, 0.5) is 0 Å². The van der Waals surface area contributed by atoms with Gasteiger partial charge in [0.2, 0.25) is 0 Å². The van der Waals surface area contributed by atoms with Gasteiger partial charge in [0.25, 0.3) is 0 Å². The average Bonchev–Trinajstić information content (AvgIpc) is 2.16. The predicted octanol–water partition coefficient (Wildman–Crippen LogP) is 3.05. The second kappa shape index (κ2) is 4.75. The number of rotatable bonds is 3. The number of ketones is 1. The van der Waals surface area contributed by atoms with E-state index in [0.29, 0.717) is 0 Å². The lowest BCUT2D eigenvalue weighted by atomic mass is 9.80. The van der Waals surface area contributed by atoms with Crippen molar-refractivity contribution in [2.75, 3.05) is 0 Å². The maximum absolute atomic E-state index is 11.1. The van der Waals surface area contributed by atoms with Crippen LogP contribution in [-0.4, -0.2) is 5.78 Å². The number of carbonyl (C=O) groups is 1. The summed E-state index contributed by atoms with van der Waals surface area (Å²) in [6, 6.07) is 9.95. The highest BCUT2D eigenvalue weighted by atomic mass is 127. The van der Waals surface area contributed by atoms with Crippen LogP contribution < -0.4 is 0 Å². The topological polar surface area (TPSA) is 40.9 Å². The molecule has 0 aromatic heterocycles. The molecule has 1 aromatic rings. The van der Waals surface area contributed by atoms with E-state index in [9.17, 15) is 10.1 Å². The van der Waals surface area contributed by atoms with E-state index < -0.39 is 5.41 Å². The van der Waals surface area contributed by atoms with Crippen LogP contribution in [0.1, 0.15) is 25.8 Å². The molecule has 3 heteroatoms. The van der Waals surface area contributed by atoms with Crippen LogP contribution in [0.25, 0.3) is 0 Å². The molecule has 0 bridgehead atoms. The Kier molecular flexibility index (Phi) is 3.86. The van der Waals surface area contributed by atoms with Gasteiger partial charge in [0.15, 0.2) is 0 Å². The molecule has 0 N–H and O–H groups in total. The fourth-order valence-electron chi connectivity index (χ4n) is 1.54. The highest BCUT2D eigenvalue weighted by Crippen LogP contribution is 2.28. The Bertz CT molecular complexity index is 422. The summed E-state index contributed by atoms with van der Waals surface area (Å²) < 4.78 is 1.08. The Morgan fingerprint density at radius 2 is 2.27 bits per heavy atom. The van der Waals surface area contributed by atoms with Crippen molar-refractivity contribution in [2.45, 2.75) is 25.7 Å². The lowest BCUT2D eigenvalue weighted by Gasteiger charge is -2.20. The molecule has 0 saturated heterocycles. The Balaban J connectivity index is 3.12. The van der Waals surface area contributed by atoms with Crippen molar-refractivity contribution in [3.8, 4) is 6.07 Å². The van der Waals surface area contributed by atoms with E-state index in [1.165, 1.54) is 6.92 Å². The summed E-state index contributed by atoms with van der Waals surface area (Å²) in [5.74, 6) is 0.0397. The molecule has 1 atom stereocenters. The number of carbonyl (C=O) groups excluding carboxylic acids is 1. The first-order chi connectivity index (χ1) is 6.98. The third kappa shape index (κ3) is 3.03. The van der Waals surface area contributed by atoms with E-state index in [2.05, 4.69) is 28.7 Å². The van der Waals surface area contributed by atoms with Crippen molar-refractivity contribution in [1.82, 2.24) is 0 Å². The molecule has 0 heterocycles. The number of nitrogens with zero attached hydrogens (tertiary/aromatic N) is 1. The van der Waals surface area contributed by atoms with Gasteiger partial charge in [0.05, 0.1) is 11.5 Å². The van der Waals surface area contributed by atoms with Crippen LogP contribution >= 0.6 is 22.6 Å². The second-order valence-electron chi connectivity index (χ2n) is 3.83. The van der Waals surface area contributed by atoms with Gasteiger partial charge in [0, 0.05) is 9.99 Å². The fourth-order valence-corrected chi connectivity index (χ4v) is 2.08. The molecule has 1 unspecified atom stereocenters. The molecule has 2 nitrogen and oxygen atoms in total. The van der Waals surface area contributed by atoms with Crippen LogP contribution in [0.15, 0.2) is 24.3 Å². The number of hydrogen-bond donors (Lipinski definition) is 0. The monoisotopic (exact) mass is 313 g/mol. The molecule has 0 saturated carbocycles. The first kappa shape index (κ1) is 12.2. The Morgan fingerprint density at radius 1 is 1.60 bits per heavy atom. The van der Waals surface area contributed by atoms with Crippen LogP contribution in [0.3, 0.4) is 0 Å². The van der Waals surface area contributed by atoms with Gasteiger partial charge < -0.3 is 0 Å². The number of halogens is 1. The summed E-state index contributed by atoms with van der Waals surface area (Å²) in [6.07, 6.45) is 0.267. The smallest absolute Gasteiger partial charge is 0.131 e. The highest BCUT2D eigenvalue weighted by molar-refractivity contribution is 14.1. The van der Waals surface area contributed by atoms with Crippen molar-refractivity contribution in [1.29, 1.82) is 5.26 Å². The minimum atomic E-state index is -0.701. The molecule has 1 aromatic carbocycles. The Morgan fingerprint density at radius 3 is 2.73 bits per heavy atom. The zero-order chi connectivity index (χ0) is 11.5. The predicted molar refractivity (Wildman–Crippen MR) is 67.4 cm³/mol. The van der Waals surface area contributed by atoms with Crippen molar-refractivity contribution in [2.24, 2.45) is 0 Å². The van der Waals surface area contributed by atoms with E-state index in [-0.39, 0.29) is 12.2 Å². The van der Waals surface area contributed by atoms with Crippen molar-refractivity contribution >= 4 is 28.4 Å². The van der Waals surface area contributed by atoms with Crippen molar-refractivity contribution < 1.29 is 4.79 Å². The lowest BCUT2D eigenvalue weighted by Crippen LogP contribution is -2.22. The lowest BCUT2D eigenvalue weighted by molar-refractivity contribution is -0.117. The molecule has 0 fully saturated rings. The van der Waals surface area contributed by atoms with Crippen LogP contribution in [-0.2, 0) is 10.2 Å². The first-order valence-corrected chi connectivity index (χ1v) is 5.72. The van der Waals surface area contributed by atoms with Gasteiger partial charge in [-0.3, -0.25) is 4.79 Å². The van der Waals surface area contributed by atoms with Gasteiger partial charge in [0.1, 0.15) is 5.78 Å². The van der Waals surface area contributed by atoms with E-state index in [0.717, 1.165) is 9.13 Å². The zero-order valence-electron chi connectivity index (χ0n) is 8.75. The maximum atomic E-state index is 11.1. The molecule has 0 spiro atoms.